The van der Waals surface area contributed by atoms with Crippen LogP contribution in [0.2, 0.25) is 0 Å². The van der Waals surface area contributed by atoms with Gasteiger partial charge in [-0.15, -0.1) is 0 Å². The van der Waals surface area contributed by atoms with Crippen LogP contribution in [-0.4, -0.2) is 24.3 Å². The molecule has 2 aromatic rings. The molecule has 0 heterocycles. The van der Waals surface area contributed by atoms with Crippen LogP contribution in [0.15, 0.2) is 48.5 Å². The summed E-state index contributed by atoms with van der Waals surface area (Å²) in [5, 5.41) is 9.48. The molecular formula is C20H24O4. The third-order valence-corrected chi connectivity index (χ3v) is 3.87. The molecule has 1 atom stereocenters. The minimum absolute atomic E-state index is 0.0438. The van der Waals surface area contributed by atoms with E-state index in [4.69, 9.17) is 9.47 Å². The number of rotatable bonds is 6. The molecule has 0 aliphatic rings. The van der Waals surface area contributed by atoms with E-state index in [1.165, 1.54) is 5.56 Å². The maximum atomic E-state index is 11.6. The molecule has 0 aliphatic carbocycles. The summed E-state index contributed by atoms with van der Waals surface area (Å²) in [7, 11) is 1.57. The molecule has 0 fully saturated rings. The van der Waals surface area contributed by atoms with Gasteiger partial charge in [0.05, 0.1) is 7.11 Å². The van der Waals surface area contributed by atoms with Crippen LogP contribution < -0.4 is 9.47 Å². The molecule has 0 amide bonds. The minimum Gasteiger partial charge on any atom is -0.496 e. The molecule has 0 radical (unpaired) electrons. The number of hydrogen-bond donors (Lipinski definition) is 1. The average molecular weight is 328 g/mol. The number of carboxylic acids is 1. The van der Waals surface area contributed by atoms with Crippen LogP contribution >= 0.6 is 0 Å². The Morgan fingerprint density at radius 3 is 2.25 bits per heavy atom. The second kappa shape index (κ2) is 7.39. The first-order valence-electron chi connectivity index (χ1n) is 7.93. The Labute approximate surface area is 143 Å². The number of para-hydroxylation sites is 1. The monoisotopic (exact) mass is 328 g/mol. The second-order valence-corrected chi connectivity index (χ2v) is 6.74. The van der Waals surface area contributed by atoms with E-state index in [9.17, 15) is 9.90 Å². The maximum Gasteiger partial charge on any atom is 0.345 e. The highest BCUT2D eigenvalue weighted by atomic mass is 16.5. The fourth-order valence-corrected chi connectivity index (χ4v) is 2.45. The Hall–Kier alpha value is -2.49. The Bertz CT molecular complexity index is 684. The Kier molecular flexibility index (Phi) is 5.50. The first kappa shape index (κ1) is 17.9. The standard InChI is InChI=1S/C20H24O4/c1-20(2,3)15-9-11-16(12-10-15)24-18(19(21)22)13-14-7-5-6-8-17(14)23-4/h5-12,18H,13H2,1-4H3,(H,21,22)/t18-/m1/s1. The summed E-state index contributed by atoms with van der Waals surface area (Å²) in [6.07, 6.45) is -0.734. The Morgan fingerprint density at radius 2 is 1.71 bits per heavy atom. The normalized spacial score (nSPS) is 12.5. The van der Waals surface area contributed by atoms with Gasteiger partial charge in [0.25, 0.3) is 0 Å². The van der Waals surface area contributed by atoms with Gasteiger partial charge in [-0.2, -0.15) is 0 Å². The summed E-state index contributed by atoms with van der Waals surface area (Å²) < 4.78 is 11.0. The zero-order valence-corrected chi connectivity index (χ0v) is 14.6. The number of ether oxygens (including phenoxy) is 2. The Balaban J connectivity index is 2.16. The molecule has 0 saturated carbocycles. The molecule has 0 saturated heterocycles. The smallest absolute Gasteiger partial charge is 0.345 e. The van der Waals surface area contributed by atoms with E-state index in [0.717, 1.165) is 5.56 Å². The van der Waals surface area contributed by atoms with Crippen molar-refractivity contribution in [1.29, 1.82) is 0 Å². The van der Waals surface area contributed by atoms with Crippen LogP contribution in [0.25, 0.3) is 0 Å². The molecule has 0 unspecified atom stereocenters. The van der Waals surface area contributed by atoms with Gasteiger partial charge < -0.3 is 14.6 Å². The fourth-order valence-electron chi connectivity index (χ4n) is 2.45. The zero-order valence-electron chi connectivity index (χ0n) is 14.6. The van der Waals surface area contributed by atoms with Crippen molar-refractivity contribution >= 4 is 5.97 Å². The van der Waals surface area contributed by atoms with Gasteiger partial charge in [-0.1, -0.05) is 51.1 Å². The lowest BCUT2D eigenvalue weighted by molar-refractivity contribution is -0.145. The van der Waals surface area contributed by atoms with E-state index >= 15 is 0 Å². The van der Waals surface area contributed by atoms with Gasteiger partial charge in [-0.25, -0.2) is 4.79 Å². The lowest BCUT2D eigenvalue weighted by Crippen LogP contribution is -2.29. The van der Waals surface area contributed by atoms with Crippen LogP contribution in [0.4, 0.5) is 0 Å². The third kappa shape index (κ3) is 4.51. The SMILES string of the molecule is COc1ccccc1C[C@@H](Oc1ccc(C(C)(C)C)cc1)C(=O)O. The Morgan fingerprint density at radius 1 is 1.08 bits per heavy atom. The summed E-state index contributed by atoms with van der Waals surface area (Å²) in [4.78, 5) is 11.6. The number of carboxylic acid groups (broad SMARTS) is 1. The van der Waals surface area contributed by atoms with Gasteiger partial charge in [0.15, 0.2) is 6.10 Å². The molecule has 4 nitrogen and oxygen atoms in total. The molecule has 24 heavy (non-hydrogen) atoms. The first-order chi connectivity index (χ1) is 11.3. The van der Waals surface area contributed by atoms with Crippen LogP contribution in [0.5, 0.6) is 11.5 Å². The third-order valence-electron chi connectivity index (χ3n) is 3.87. The predicted octanol–water partition coefficient (Wildman–Crippen LogP) is 4.07. The first-order valence-corrected chi connectivity index (χ1v) is 7.93. The van der Waals surface area contributed by atoms with Gasteiger partial charge in [0.1, 0.15) is 11.5 Å². The van der Waals surface area contributed by atoms with Crippen molar-refractivity contribution in [2.75, 3.05) is 7.11 Å². The lowest BCUT2D eigenvalue weighted by atomic mass is 9.87. The number of carbonyl (C=O) groups is 1. The highest BCUT2D eigenvalue weighted by molar-refractivity contribution is 5.73. The summed E-state index contributed by atoms with van der Waals surface area (Å²) in [6, 6.07) is 14.9. The van der Waals surface area contributed by atoms with Crippen LogP contribution in [0, 0.1) is 0 Å². The van der Waals surface area contributed by atoms with Crippen molar-refractivity contribution in [2.45, 2.75) is 38.7 Å². The summed E-state index contributed by atoms with van der Waals surface area (Å²) in [5.74, 6) is 0.210. The minimum atomic E-state index is -0.999. The molecule has 2 rings (SSSR count). The largest absolute Gasteiger partial charge is 0.496 e. The summed E-state index contributed by atoms with van der Waals surface area (Å²) >= 11 is 0. The van der Waals surface area contributed by atoms with Gasteiger partial charge in [0.2, 0.25) is 0 Å². The van der Waals surface area contributed by atoms with Crippen LogP contribution in [0.1, 0.15) is 31.9 Å². The number of aliphatic carboxylic acids is 1. The molecule has 0 spiro atoms. The summed E-state index contributed by atoms with van der Waals surface area (Å²) in [6.45, 7) is 6.39. The van der Waals surface area contributed by atoms with Crippen molar-refractivity contribution in [3.63, 3.8) is 0 Å². The molecular weight excluding hydrogens is 304 g/mol. The second-order valence-electron chi connectivity index (χ2n) is 6.74. The molecule has 128 valence electrons. The molecule has 4 heteroatoms. The van der Waals surface area contributed by atoms with E-state index in [2.05, 4.69) is 20.8 Å². The van der Waals surface area contributed by atoms with Gasteiger partial charge in [-0.05, 0) is 34.7 Å². The quantitative estimate of drug-likeness (QED) is 0.868. The lowest BCUT2D eigenvalue weighted by Gasteiger charge is -2.20. The average Bonchev–Trinajstić information content (AvgIpc) is 2.54. The van der Waals surface area contributed by atoms with Crippen LogP contribution in [-0.2, 0) is 16.6 Å². The zero-order chi connectivity index (χ0) is 17.7. The van der Waals surface area contributed by atoms with Crippen molar-refractivity contribution < 1.29 is 19.4 Å². The van der Waals surface area contributed by atoms with E-state index < -0.39 is 12.1 Å². The van der Waals surface area contributed by atoms with Crippen molar-refractivity contribution in [2.24, 2.45) is 0 Å². The van der Waals surface area contributed by atoms with Crippen molar-refractivity contribution in [3.8, 4) is 11.5 Å². The highest BCUT2D eigenvalue weighted by Crippen LogP contribution is 2.26. The van der Waals surface area contributed by atoms with E-state index in [1.807, 2.05) is 48.5 Å². The van der Waals surface area contributed by atoms with Gasteiger partial charge in [0, 0.05) is 6.42 Å². The highest BCUT2D eigenvalue weighted by Gasteiger charge is 2.22. The fraction of sp³-hybridized carbons (Fsp3) is 0.350. The molecule has 1 N–H and O–H groups in total. The predicted molar refractivity (Wildman–Crippen MR) is 93.9 cm³/mol. The maximum absolute atomic E-state index is 11.6. The van der Waals surface area contributed by atoms with Crippen molar-refractivity contribution in [1.82, 2.24) is 0 Å². The van der Waals surface area contributed by atoms with Crippen molar-refractivity contribution in [3.05, 3.63) is 59.7 Å². The molecule has 0 aliphatic heterocycles. The molecule has 0 bridgehead atoms. The summed E-state index contributed by atoms with van der Waals surface area (Å²) in [5.41, 5.74) is 2.02. The number of methoxy groups -OCH3 is 1. The van der Waals surface area contributed by atoms with Gasteiger partial charge in [-0.3, -0.25) is 0 Å². The van der Waals surface area contributed by atoms with E-state index in [-0.39, 0.29) is 11.8 Å². The van der Waals surface area contributed by atoms with E-state index in [1.54, 1.807) is 7.11 Å². The number of hydrogen-bond acceptors (Lipinski definition) is 3. The molecule has 0 aromatic heterocycles. The van der Waals surface area contributed by atoms with Crippen LogP contribution in [0.3, 0.4) is 0 Å². The van der Waals surface area contributed by atoms with Gasteiger partial charge >= 0.3 is 5.97 Å². The van der Waals surface area contributed by atoms with E-state index in [0.29, 0.717) is 11.5 Å². The number of benzene rings is 2. The topological polar surface area (TPSA) is 55.8 Å². The molecule has 2 aromatic carbocycles.